The minimum Gasteiger partial charge on any atom is -0.481 e. The lowest BCUT2D eigenvalue weighted by Crippen LogP contribution is -2.29. The highest BCUT2D eigenvalue weighted by Gasteiger charge is 2.29. The van der Waals surface area contributed by atoms with Crippen molar-refractivity contribution in [2.24, 2.45) is 11.8 Å². The molecule has 20 heavy (non-hydrogen) atoms. The van der Waals surface area contributed by atoms with Gasteiger partial charge in [-0.15, -0.1) is 0 Å². The van der Waals surface area contributed by atoms with Crippen molar-refractivity contribution in [1.29, 1.82) is 0 Å². The largest absolute Gasteiger partial charge is 0.481 e. The van der Waals surface area contributed by atoms with E-state index >= 15 is 0 Å². The lowest BCUT2D eigenvalue weighted by atomic mass is 9.81. The predicted molar refractivity (Wildman–Crippen MR) is 72.9 cm³/mol. The molecule has 2 N–H and O–H groups in total. The van der Waals surface area contributed by atoms with Crippen molar-refractivity contribution in [3.8, 4) is 0 Å². The average molecular weight is 279 g/mol. The number of nitrogens with one attached hydrogen (secondary N) is 1. The maximum Gasteiger partial charge on any atom is 0.306 e. The second-order valence-corrected chi connectivity index (χ2v) is 5.34. The van der Waals surface area contributed by atoms with E-state index in [1.165, 1.54) is 6.07 Å². The fourth-order valence-electron chi connectivity index (χ4n) is 2.52. The number of carboxylic acid groups (broad SMARTS) is 1. The van der Waals surface area contributed by atoms with Gasteiger partial charge in [0.05, 0.1) is 5.92 Å². The van der Waals surface area contributed by atoms with Crippen molar-refractivity contribution in [1.82, 2.24) is 0 Å². The van der Waals surface area contributed by atoms with Crippen LogP contribution >= 0.6 is 0 Å². The van der Waals surface area contributed by atoms with E-state index in [0.29, 0.717) is 36.9 Å². The van der Waals surface area contributed by atoms with Crippen LogP contribution < -0.4 is 5.32 Å². The maximum atomic E-state index is 13.4. The van der Waals surface area contributed by atoms with E-state index in [4.69, 9.17) is 5.11 Å². The Balaban J connectivity index is 1.92. The summed E-state index contributed by atoms with van der Waals surface area (Å²) in [7, 11) is 0. The first-order chi connectivity index (χ1) is 9.47. The molecule has 1 amide bonds. The number of hydrogen-bond donors (Lipinski definition) is 2. The number of carbonyl (C=O) groups is 2. The molecule has 0 unspecified atom stereocenters. The third kappa shape index (κ3) is 3.35. The van der Waals surface area contributed by atoms with Gasteiger partial charge in [-0.3, -0.25) is 9.59 Å². The van der Waals surface area contributed by atoms with Gasteiger partial charge in [0.25, 0.3) is 0 Å². The second-order valence-electron chi connectivity index (χ2n) is 5.34. The molecule has 4 nitrogen and oxygen atoms in total. The topological polar surface area (TPSA) is 66.4 Å². The molecule has 0 radical (unpaired) electrons. The molecule has 0 heterocycles. The van der Waals surface area contributed by atoms with Crippen LogP contribution in [0.1, 0.15) is 31.2 Å². The number of anilines is 1. The van der Waals surface area contributed by atoms with Crippen LogP contribution in [0.3, 0.4) is 0 Å². The number of hydrogen-bond acceptors (Lipinski definition) is 2. The summed E-state index contributed by atoms with van der Waals surface area (Å²) in [5.41, 5.74) is 0.975. The molecule has 1 aromatic rings. The number of aliphatic carboxylic acids is 1. The van der Waals surface area contributed by atoms with Gasteiger partial charge in [-0.05, 0) is 50.3 Å². The Labute approximate surface area is 117 Å². The van der Waals surface area contributed by atoms with Crippen LogP contribution in [0.25, 0.3) is 0 Å². The average Bonchev–Trinajstić information content (AvgIpc) is 2.43. The molecular formula is C15H18FNO3. The van der Waals surface area contributed by atoms with E-state index in [2.05, 4.69) is 5.32 Å². The van der Waals surface area contributed by atoms with Crippen molar-refractivity contribution in [3.05, 3.63) is 29.6 Å². The molecule has 1 aromatic carbocycles. The molecule has 0 atom stereocenters. The van der Waals surface area contributed by atoms with E-state index in [1.54, 1.807) is 19.1 Å². The Morgan fingerprint density at radius 3 is 2.35 bits per heavy atom. The zero-order chi connectivity index (χ0) is 14.7. The smallest absolute Gasteiger partial charge is 0.306 e. The van der Waals surface area contributed by atoms with Crippen LogP contribution in [0.15, 0.2) is 18.2 Å². The molecule has 1 aliphatic rings. The summed E-state index contributed by atoms with van der Waals surface area (Å²) in [6.07, 6.45) is 2.18. The standard InChI is InChI=1S/C15H18FNO3/c1-9-2-7-12(8-13(9)16)17-14(18)10-3-5-11(6-4-10)15(19)20/h2,7-8,10-11H,3-6H2,1H3,(H,17,18)(H,19,20). The Hall–Kier alpha value is -1.91. The highest BCUT2D eigenvalue weighted by Crippen LogP contribution is 2.29. The fourth-order valence-corrected chi connectivity index (χ4v) is 2.52. The SMILES string of the molecule is Cc1ccc(NC(=O)C2CCC(C(=O)O)CC2)cc1F. The van der Waals surface area contributed by atoms with Crippen LogP contribution in [0.5, 0.6) is 0 Å². The van der Waals surface area contributed by atoms with Crippen LogP contribution in [0.4, 0.5) is 10.1 Å². The number of carbonyl (C=O) groups excluding carboxylic acids is 1. The van der Waals surface area contributed by atoms with E-state index < -0.39 is 5.97 Å². The summed E-state index contributed by atoms with van der Waals surface area (Å²) in [5.74, 6) is -1.82. The first-order valence-electron chi connectivity index (χ1n) is 6.77. The molecule has 1 aliphatic carbocycles. The zero-order valence-electron chi connectivity index (χ0n) is 11.4. The molecule has 0 saturated heterocycles. The Morgan fingerprint density at radius 1 is 1.20 bits per heavy atom. The molecular weight excluding hydrogens is 261 g/mol. The quantitative estimate of drug-likeness (QED) is 0.894. The van der Waals surface area contributed by atoms with Gasteiger partial charge in [0.1, 0.15) is 5.82 Å². The van der Waals surface area contributed by atoms with Crippen LogP contribution in [-0.4, -0.2) is 17.0 Å². The summed E-state index contributed by atoms with van der Waals surface area (Å²) in [6.45, 7) is 1.66. The Kier molecular flexibility index (Phi) is 4.37. The summed E-state index contributed by atoms with van der Waals surface area (Å²) < 4.78 is 13.4. The second kappa shape index (κ2) is 6.03. The molecule has 108 valence electrons. The van der Waals surface area contributed by atoms with Gasteiger partial charge < -0.3 is 10.4 Å². The minimum atomic E-state index is -0.788. The first kappa shape index (κ1) is 14.5. The molecule has 5 heteroatoms. The van der Waals surface area contributed by atoms with Gasteiger partial charge in [0.2, 0.25) is 5.91 Å². The highest BCUT2D eigenvalue weighted by atomic mass is 19.1. The lowest BCUT2D eigenvalue weighted by Gasteiger charge is -2.25. The lowest BCUT2D eigenvalue weighted by molar-refractivity contribution is -0.143. The van der Waals surface area contributed by atoms with Crippen molar-refractivity contribution in [3.63, 3.8) is 0 Å². The van der Waals surface area contributed by atoms with Crippen molar-refractivity contribution < 1.29 is 19.1 Å². The van der Waals surface area contributed by atoms with E-state index in [1.807, 2.05) is 0 Å². The molecule has 0 aromatic heterocycles. The van der Waals surface area contributed by atoms with Gasteiger partial charge in [-0.25, -0.2) is 4.39 Å². The minimum absolute atomic E-state index is 0.155. The van der Waals surface area contributed by atoms with Gasteiger partial charge >= 0.3 is 5.97 Å². The summed E-state index contributed by atoms with van der Waals surface area (Å²) in [5, 5.41) is 11.6. The predicted octanol–water partition coefficient (Wildman–Crippen LogP) is 2.96. The van der Waals surface area contributed by atoms with Gasteiger partial charge in [-0.1, -0.05) is 6.07 Å². The van der Waals surface area contributed by atoms with Gasteiger partial charge in [-0.2, -0.15) is 0 Å². The van der Waals surface area contributed by atoms with Gasteiger partial charge in [0.15, 0.2) is 0 Å². The Morgan fingerprint density at radius 2 is 1.80 bits per heavy atom. The van der Waals surface area contributed by atoms with Crippen molar-refractivity contribution >= 4 is 17.6 Å². The molecule has 0 bridgehead atoms. The summed E-state index contributed by atoms with van der Waals surface area (Å²) in [4.78, 5) is 22.9. The fraction of sp³-hybridized carbons (Fsp3) is 0.467. The zero-order valence-corrected chi connectivity index (χ0v) is 11.4. The Bertz CT molecular complexity index is 522. The molecule has 1 fully saturated rings. The number of benzene rings is 1. The number of carboxylic acids is 1. The molecule has 0 aliphatic heterocycles. The molecule has 1 saturated carbocycles. The molecule has 0 spiro atoms. The third-order valence-electron chi connectivity index (χ3n) is 3.89. The van der Waals surface area contributed by atoms with Crippen LogP contribution in [0.2, 0.25) is 0 Å². The maximum absolute atomic E-state index is 13.4. The number of rotatable bonds is 3. The van der Waals surface area contributed by atoms with Crippen molar-refractivity contribution in [2.75, 3.05) is 5.32 Å². The van der Waals surface area contributed by atoms with Crippen LogP contribution in [0, 0.1) is 24.6 Å². The van der Waals surface area contributed by atoms with E-state index in [0.717, 1.165) is 0 Å². The normalized spacial score (nSPS) is 22.3. The summed E-state index contributed by atoms with van der Waals surface area (Å²) in [6, 6.07) is 4.58. The van der Waals surface area contributed by atoms with E-state index in [9.17, 15) is 14.0 Å². The third-order valence-corrected chi connectivity index (χ3v) is 3.89. The van der Waals surface area contributed by atoms with E-state index in [-0.39, 0.29) is 23.6 Å². The number of halogens is 1. The highest BCUT2D eigenvalue weighted by molar-refractivity contribution is 5.92. The van der Waals surface area contributed by atoms with Gasteiger partial charge in [0, 0.05) is 11.6 Å². The molecule has 2 rings (SSSR count). The van der Waals surface area contributed by atoms with Crippen LogP contribution in [-0.2, 0) is 9.59 Å². The number of aryl methyl sites for hydroxylation is 1. The van der Waals surface area contributed by atoms with Crippen molar-refractivity contribution in [2.45, 2.75) is 32.6 Å². The number of amides is 1. The monoisotopic (exact) mass is 279 g/mol. The first-order valence-corrected chi connectivity index (χ1v) is 6.77. The summed E-state index contributed by atoms with van der Waals surface area (Å²) >= 11 is 0.